The molecule has 0 aliphatic carbocycles. The van der Waals surface area contributed by atoms with Crippen molar-refractivity contribution in [3.63, 3.8) is 0 Å². The zero-order chi connectivity index (χ0) is 13.0. The number of methoxy groups -OCH3 is 2. The molecule has 0 aromatic heterocycles. The highest BCUT2D eigenvalue weighted by Gasteiger charge is 2.05. The fourth-order valence-corrected chi connectivity index (χ4v) is 1.66. The third-order valence-electron chi connectivity index (χ3n) is 2.64. The van der Waals surface area contributed by atoms with Crippen molar-refractivity contribution in [3.8, 4) is 11.5 Å². The number of nitrogens with two attached hydrogens (primary N) is 1. The third-order valence-corrected chi connectivity index (χ3v) is 2.64. The standard InChI is InChI=1S/C14H16N2O2/c1-17-10-7-8-11(15)13(9-10)16-12-5-3-4-6-14(12)18-2/h3-9,16H,15H2,1-2H3. The minimum absolute atomic E-state index is 0.654. The molecule has 0 bridgehead atoms. The van der Waals surface area contributed by atoms with Gasteiger partial charge >= 0.3 is 0 Å². The van der Waals surface area contributed by atoms with Crippen LogP contribution in [0.2, 0.25) is 0 Å². The van der Waals surface area contributed by atoms with Gasteiger partial charge in [0, 0.05) is 6.07 Å². The Balaban J connectivity index is 2.33. The first-order chi connectivity index (χ1) is 8.74. The Labute approximate surface area is 106 Å². The Hall–Kier alpha value is -2.36. The second kappa shape index (κ2) is 5.31. The Kier molecular flexibility index (Phi) is 3.57. The molecule has 2 aromatic rings. The minimum atomic E-state index is 0.654. The summed E-state index contributed by atoms with van der Waals surface area (Å²) in [6, 6.07) is 13.1. The van der Waals surface area contributed by atoms with Gasteiger partial charge in [0.25, 0.3) is 0 Å². The van der Waals surface area contributed by atoms with E-state index < -0.39 is 0 Å². The summed E-state index contributed by atoms with van der Waals surface area (Å²) in [7, 11) is 3.26. The van der Waals surface area contributed by atoms with Crippen LogP contribution in [-0.2, 0) is 0 Å². The fourth-order valence-electron chi connectivity index (χ4n) is 1.66. The van der Waals surface area contributed by atoms with Gasteiger partial charge in [0.15, 0.2) is 0 Å². The molecule has 18 heavy (non-hydrogen) atoms. The zero-order valence-electron chi connectivity index (χ0n) is 10.4. The number of para-hydroxylation sites is 2. The molecular formula is C14H16N2O2. The molecule has 0 saturated heterocycles. The van der Waals surface area contributed by atoms with E-state index in [-0.39, 0.29) is 0 Å². The smallest absolute Gasteiger partial charge is 0.142 e. The Morgan fingerprint density at radius 1 is 0.944 bits per heavy atom. The first-order valence-electron chi connectivity index (χ1n) is 5.58. The van der Waals surface area contributed by atoms with Gasteiger partial charge in [-0.15, -0.1) is 0 Å². The average molecular weight is 244 g/mol. The van der Waals surface area contributed by atoms with Gasteiger partial charge in [-0.3, -0.25) is 0 Å². The summed E-state index contributed by atoms with van der Waals surface area (Å²) in [5.41, 5.74) is 8.23. The van der Waals surface area contributed by atoms with Crippen LogP contribution < -0.4 is 20.5 Å². The largest absolute Gasteiger partial charge is 0.497 e. The van der Waals surface area contributed by atoms with Crippen molar-refractivity contribution >= 4 is 17.1 Å². The molecule has 0 spiro atoms. The topological polar surface area (TPSA) is 56.5 Å². The number of hydrogen-bond acceptors (Lipinski definition) is 4. The SMILES string of the molecule is COc1ccc(N)c(Nc2ccccc2OC)c1. The van der Waals surface area contributed by atoms with E-state index in [0.717, 1.165) is 22.9 Å². The Morgan fingerprint density at radius 3 is 2.44 bits per heavy atom. The maximum atomic E-state index is 5.92. The van der Waals surface area contributed by atoms with Crippen molar-refractivity contribution in [1.82, 2.24) is 0 Å². The average Bonchev–Trinajstić information content (AvgIpc) is 2.42. The zero-order valence-corrected chi connectivity index (χ0v) is 10.4. The van der Waals surface area contributed by atoms with Crippen LogP contribution in [0.1, 0.15) is 0 Å². The summed E-state index contributed by atoms with van der Waals surface area (Å²) >= 11 is 0. The summed E-state index contributed by atoms with van der Waals surface area (Å²) in [6.45, 7) is 0. The molecule has 94 valence electrons. The van der Waals surface area contributed by atoms with E-state index in [1.807, 2.05) is 36.4 Å². The normalized spacial score (nSPS) is 9.89. The van der Waals surface area contributed by atoms with Gasteiger partial charge < -0.3 is 20.5 Å². The first kappa shape index (κ1) is 12.1. The van der Waals surface area contributed by atoms with Gasteiger partial charge in [0.05, 0.1) is 31.3 Å². The van der Waals surface area contributed by atoms with Crippen molar-refractivity contribution in [2.75, 3.05) is 25.3 Å². The summed E-state index contributed by atoms with van der Waals surface area (Å²) < 4.78 is 10.5. The molecule has 0 fully saturated rings. The van der Waals surface area contributed by atoms with Crippen LogP contribution in [0.5, 0.6) is 11.5 Å². The van der Waals surface area contributed by atoms with Crippen LogP contribution in [0.15, 0.2) is 42.5 Å². The molecule has 2 aromatic carbocycles. The summed E-state index contributed by atoms with van der Waals surface area (Å²) in [5.74, 6) is 1.52. The van der Waals surface area contributed by atoms with Crippen LogP contribution >= 0.6 is 0 Å². The van der Waals surface area contributed by atoms with Gasteiger partial charge in [0.1, 0.15) is 11.5 Å². The summed E-state index contributed by atoms with van der Waals surface area (Å²) in [6.07, 6.45) is 0. The summed E-state index contributed by atoms with van der Waals surface area (Å²) in [4.78, 5) is 0. The molecule has 0 saturated carbocycles. The molecule has 4 heteroatoms. The Bertz CT molecular complexity index is 541. The van der Waals surface area contributed by atoms with E-state index in [1.165, 1.54) is 0 Å². The molecule has 0 aliphatic heterocycles. The van der Waals surface area contributed by atoms with E-state index in [0.29, 0.717) is 5.69 Å². The maximum Gasteiger partial charge on any atom is 0.142 e. The summed E-state index contributed by atoms with van der Waals surface area (Å²) in [5, 5.41) is 3.24. The highest BCUT2D eigenvalue weighted by molar-refractivity contribution is 5.76. The molecule has 0 aliphatic rings. The predicted molar refractivity (Wildman–Crippen MR) is 73.7 cm³/mol. The number of anilines is 3. The van der Waals surface area contributed by atoms with E-state index >= 15 is 0 Å². The lowest BCUT2D eigenvalue weighted by Crippen LogP contribution is -1.98. The van der Waals surface area contributed by atoms with Crippen LogP contribution in [0, 0.1) is 0 Å². The van der Waals surface area contributed by atoms with E-state index in [4.69, 9.17) is 15.2 Å². The van der Waals surface area contributed by atoms with Gasteiger partial charge in [-0.05, 0) is 24.3 Å². The van der Waals surface area contributed by atoms with Crippen molar-refractivity contribution in [2.24, 2.45) is 0 Å². The lowest BCUT2D eigenvalue weighted by Gasteiger charge is -2.13. The van der Waals surface area contributed by atoms with Gasteiger partial charge in [-0.2, -0.15) is 0 Å². The first-order valence-corrected chi connectivity index (χ1v) is 5.58. The van der Waals surface area contributed by atoms with Crippen molar-refractivity contribution < 1.29 is 9.47 Å². The van der Waals surface area contributed by atoms with E-state index in [9.17, 15) is 0 Å². The van der Waals surface area contributed by atoms with Crippen LogP contribution in [-0.4, -0.2) is 14.2 Å². The van der Waals surface area contributed by atoms with Gasteiger partial charge in [-0.1, -0.05) is 12.1 Å². The van der Waals surface area contributed by atoms with Crippen LogP contribution in [0.25, 0.3) is 0 Å². The van der Waals surface area contributed by atoms with Crippen LogP contribution in [0.4, 0.5) is 17.1 Å². The highest BCUT2D eigenvalue weighted by atomic mass is 16.5. The molecule has 0 heterocycles. The molecule has 0 amide bonds. The van der Waals surface area contributed by atoms with Crippen molar-refractivity contribution in [3.05, 3.63) is 42.5 Å². The number of nitrogens with one attached hydrogen (secondary N) is 1. The van der Waals surface area contributed by atoms with Gasteiger partial charge in [0.2, 0.25) is 0 Å². The number of nitrogen functional groups attached to an aromatic ring is 1. The molecule has 3 N–H and O–H groups in total. The fraction of sp³-hybridized carbons (Fsp3) is 0.143. The molecule has 4 nitrogen and oxygen atoms in total. The van der Waals surface area contributed by atoms with E-state index in [2.05, 4.69) is 5.32 Å². The minimum Gasteiger partial charge on any atom is -0.497 e. The quantitative estimate of drug-likeness (QED) is 0.812. The Morgan fingerprint density at radius 2 is 1.72 bits per heavy atom. The number of rotatable bonds is 4. The van der Waals surface area contributed by atoms with E-state index in [1.54, 1.807) is 20.3 Å². The second-order valence-electron chi connectivity index (χ2n) is 3.78. The molecule has 0 radical (unpaired) electrons. The lowest BCUT2D eigenvalue weighted by atomic mass is 10.2. The second-order valence-corrected chi connectivity index (χ2v) is 3.78. The molecule has 0 atom stereocenters. The number of benzene rings is 2. The highest BCUT2D eigenvalue weighted by Crippen LogP contribution is 2.31. The van der Waals surface area contributed by atoms with Crippen LogP contribution in [0.3, 0.4) is 0 Å². The van der Waals surface area contributed by atoms with Crippen molar-refractivity contribution in [2.45, 2.75) is 0 Å². The third kappa shape index (κ3) is 2.48. The van der Waals surface area contributed by atoms with Gasteiger partial charge in [-0.25, -0.2) is 0 Å². The number of hydrogen-bond donors (Lipinski definition) is 2. The number of ether oxygens (including phenoxy) is 2. The molecular weight excluding hydrogens is 228 g/mol. The monoisotopic (exact) mass is 244 g/mol. The molecule has 0 unspecified atom stereocenters. The molecule has 2 rings (SSSR count). The lowest BCUT2D eigenvalue weighted by molar-refractivity contribution is 0.414. The van der Waals surface area contributed by atoms with Crippen molar-refractivity contribution in [1.29, 1.82) is 0 Å². The predicted octanol–water partition coefficient (Wildman–Crippen LogP) is 3.03. The maximum absolute atomic E-state index is 5.92.